The lowest BCUT2D eigenvalue weighted by Crippen LogP contribution is -2.12. The molecular weight excluding hydrogens is 314 g/mol. The van der Waals surface area contributed by atoms with E-state index in [1.165, 1.54) is 5.56 Å². The van der Waals surface area contributed by atoms with Gasteiger partial charge in [0, 0.05) is 38.0 Å². The van der Waals surface area contributed by atoms with Gasteiger partial charge in [-0.15, -0.1) is 10.2 Å². The van der Waals surface area contributed by atoms with Crippen molar-refractivity contribution in [1.29, 1.82) is 0 Å². The van der Waals surface area contributed by atoms with Gasteiger partial charge in [0.1, 0.15) is 23.8 Å². The van der Waals surface area contributed by atoms with Gasteiger partial charge < -0.3 is 9.88 Å². The average Bonchev–Trinajstić information content (AvgIpc) is 3.26. The first-order valence-corrected chi connectivity index (χ1v) is 8.25. The first-order valence-electron chi connectivity index (χ1n) is 8.25. The van der Waals surface area contributed by atoms with Crippen LogP contribution in [0, 0.1) is 6.92 Å². The van der Waals surface area contributed by atoms with Crippen LogP contribution in [0.4, 0.5) is 5.82 Å². The van der Waals surface area contributed by atoms with E-state index in [1.807, 2.05) is 35.9 Å². The monoisotopic (exact) mass is 333 g/mol. The van der Waals surface area contributed by atoms with Crippen molar-refractivity contribution < 1.29 is 0 Å². The molecule has 0 aliphatic carbocycles. The van der Waals surface area contributed by atoms with Crippen molar-refractivity contribution in [3.63, 3.8) is 0 Å². The Labute approximate surface area is 145 Å². The van der Waals surface area contributed by atoms with Crippen molar-refractivity contribution in [2.45, 2.75) is 19.9 Å². The summed E-state index contributed by atoms with van der Waals surface area (Å²) in [7, 11) is 0. The lowest BCUT2D eigenvalue weighted by molar-refractivity contribution is 0.722. The second-order valence-electron chi connectivity index (χ2n) is 5.88. The maximum Gasteiger partial charge on any atom is 0.165 e. The molecule has 1 N–H and O–H groups in total. The van der Waals surface area contributed by atoms with E-state index in [-0.39, 0.29) is 0 Å². The van der Waals surface area contributed by atoms with E-state index in [9.17, 15) is 0 Å². The topological polar surface area (TPSA) is 72.9 Å². The number of benzene rings is 1. The minimum Gasteiger partial charge on any atom is -0.369 e. The van der Waals surface area contributed by atoms with Crippen LogP contribution in [0.5, 0.6) is 0 Å². The summed E-state index contributed by atoms with van der Waals surface area (Å²) in [5, 5.41) is 11.3. The Morgan fingerprint density at radius 3 is 2.92 bits per heavy atom. The van der Waals surface area contributed by atoms with Crippen molar-refractivity contribution in [3.8, 4) is 0 Å². The van der Waals surface area contributed by atoms with Gasteiger partial charge in [-0.3, -0.25) is 4.40 Å². The highest BCUT2D eigenvalue weighted by atomic mass is 15.2. The summed E-state index contributed by atoms with van der Waals surface area (Å²) >= 11 is 0. The first-order chi connectivity index (χ1) is 12.3. The summed E-state index contributed by atoms with van der Waals surface area (Å²) < 4.78 is 4.04. The quantitative estimate of drug-likeness (QED) is 0.586. The molecule has 0 aliphatic rings. The highest BCUT2D eigenvalue weighted by Gasteiger charge is 2.06. The van der Waals surface area contributed by atoms with E-state index in [4.69, 9.17) is 0 Å². The number of hydrogen-bond acceptors (Lipinski definition) is 5. The maximum absolute atomic E-state index is 4.53. The Balaban J connectivity index is 1.41. The molecule has 0 radical (unpaired) electrons. The third-order valence-electron chi connectivity index (χ3n) is 4.12. The summed E-state index contributed by atoms with van der Waals surface area (Å²) in [5.74, 6) is 2.71. The molecule has 0 aliphatic heterocycles. The zero-order valence-electron chi connectivity index (χ0n) is 14.0. The predicted molar refractivity (Wildman–Crippen MR) is 95.5 cm³/mol. The molecule has 4 aromatic rings. The molecule has 126 valence electrons. The zero-order valence-corrected chi connectivity index (χ0v) is 14.0. The van der Waals surface area contributed by atoms with Gasteiger partial charge in [0.05, 0.1) is 0 Å². The lowest BCUT2D eigenvalue weighted by Gasteiger charge is -2.10. The molecule has 0 amide bonds. The summed E-state index contributed by atoms with van der Waals surface area (Å²) in [4.78, 5) is 9.01. The molecule has 0 spiro atoms. The van der Waals surface area contributed by atoms with E-state index in [0.717, 1.165) is 42.6 Å². The first kappa shape index (κ1) is 15.3. The van der Waals surface area contributed by atoms with Gasteiger partial charge in [-0.2, -0.15) is 0 Å². The Morgan fingerprint density at radius 2 is 2.04 bits per heavy atom. The number of fused-ring (bicyclic) bond motifs is 1. The van der Waals surface area contributed by atoms with E-state index < -0.39 is 0 Å². The minimum absolute atomic E-state index is 0.753. The van der Waals surface area contributed by atoms with Gasteiger partial charge in [-0.1, -0.05) is 30.3 Å². The largest absolute Gasteiger partial charge is 0.369 e. The standard InChI is InChI=1S/C18H19N7/c1-14-22-16(11-18-23-21-13-25(14)18)19-8-7-17-20-9-10-24(17)12-15-5-3-2-4-6-15/h2-6,9-11,13,19H,7-8,12H2,1H3. The van der Waals surface area contributed by atoms with Gasteiger partial charge in [0.2, 0.25) is 0 Å². The molecule has 4 rings (SSSR count). The number of aryl methyl sites for hydroxylation is 1. The van der Waals surface area contributed by atoms with Crippen molar-refractivity contribution in [3.05, 3.63) is 72.3 Å². The van der Waals surface area contributed by atoms with Gasteiger partial charge in [0.15, 0.2) is 5.65 Å². The summed E-state index contributed by atoms with van der Waals surface area (Å²) in [5.41, 5.74) is 2.06. The fraction of sp³-hybridized carbons (Fsp3) is 0.222. The maximum atomic E-state index is 4.53. The molecule has 0 saturated carbocycles. The molecule has 0 unspecified atom stereocenters. The number of rotatable bonds is 6. The second kappa shape index (κ2) is 6.72. The van der Waals surface area contributed by atoms with Gasteiger partial charge in [0.25, 0.3) is 0 Å². The zero-order chi connectivity index (χ0) is 17.1. The number of anilines is 1. The van der Waals surface area contributed by atoms with Gasteiger partial charge in [-0.25, -0.2) is 9.97 Å². The predicted octanol–water partition coefficient (Wildman–Crippen LogP) is 2.33. The van der Waals surface area contributed by atoms with Crippen molar-refractivity contribution in [2.75, 3.05) is 11.9 Å². The molecule has 3 aromatic heterocycles. The molecule has 7 heteroatoms. The number of nitrogens with zero attached hydrogens (tertiary/aromatic N) is 6. The van der Waals surface area contributed by atoms with E-state index in [0.29, 0.717) is 0 Å². The fourth-order valence-electron chi connectivity index (χ4n) is 2.86. The van der Waals surface area contributed by atoms with Crippen LogP contribution in [0.25, 0.3) is 5.65 Å². The molecule has 0 saturated heterocycles. The van der Waals surface area contributed by atoms with Crippen molar-refractivity contribution in [1.82, 2.24) is 29.1 Å². The molecular formula is C18H19N7. The third kappa shape index (κ3) is 3.35. The molecule has 0 fully saturated rings. The molecule has 25 heavy (non-hydrogen) atoms. The molecule has 1 aromatic carbocycles. The van der Waals surface area contributed by atoms with Crippen LogP contribution in [-0.4, -0.2) is 35.7 Å². The fourth-order valence-corrected chi connectivity index (χ4v) is 2.86. The van der Waals surface area contributed by atoms with Crippen molar-refractivity contribution in [2.24, 2.45) is 0 Å². The average molecular weight is 333 g/mol. The van der Waals surface area contributed by atoms with Crippen LogP contribution in [-0.2, 0) is 13.0 Å². The SMILES string of the molecule is Cc1nc(NCCc2nccn2Cc2ccccc2)cc2nncn12. The number of imidazole rings is 1. The normalized spacial score (nSPS) is 11.1. The van der Waals surface area contributed by atoms with Gasteiger partial charge in [-0.05, 0) is 12.5 Å². The van der Waals surface area contributed by atoms with Crippen molar-refractivity contribution >= 4 is 11.5 Å². The molecule has 0 bridgehead atoms. The Morgan fingerprint density at radius 1 is 1.16 bits per heavy atom. The van der Waals surface area contributed by atoms with Crippen LogP contribution in [0.1, 0.15) is 17.2 Å². The van der Waals surface area contributed by atoms with Crippen LogP contribution >= 0.6 is 0 Å². The Kier molecular flexibility index (Phi) is 4.12. The van der Waals surface area contributed by atoms with Crippen LogP contribution in [0.2, 0.25) is 0 Å². The molecule has 3 heterocycles. The van der Waals surface area contributed by atoms with E-state index >= 15 is 0 Å². The van der Waals surface area contributed by atoms with Crippen LogP contribution in [0.15, 0.2) is 55.1 Å². The number of hydrogen-bond donors (Lipinski definition) is 1. The Hall–Kier alpha value is -3.22. The summed E-state index contributed by atoms with van der Waals surface area (Å²) in [6.45, 7) is 3.52. The van der Waals surface area contributed by atoms with Gasteiger partial charge >= 0.3 is 0 Å². The lowest BCUT2D eigenvalue weighted by atomic mass is 10.2. The smallest absolute Gasteiger partial charge is 0.165 e. The molecule has 0 atom stereocenters. The summed E-state index contributed by atoms with van der Waals surface area (Å²) in [6, 6.07) is 12.3. The minimum atomic E-state index is 0.753. The van der Waals surface area contributed by atoms with E-state index in [2.05, 4.69) is 54.3 Å². The van der Waals surface area contributed by atoms with E-state index in [1.54, 1.807) is 6.33 Å². The number of nitrogens with one attached hydrogen (secondary N) is 1. The van der Waals surface area contributed by atoms with Crippen LogP contribution in [0.3, 0.4) is 0 Å². The Bertz CT molecular complexity index is 971. The summed E-state index contributed by atoms with van der Waals surface area (Å²) in [6.07, 6.45) is 6.36. The molecule has 7 nitrogen and oxygen atoms in total. The number of aromatic nitrogens is 6. The van der Waals surface area contributed by atoms with Crippen LogP contribution < -0.4 is 5.32 Å². The second-order valence-corrected chi connectivity index (χ2v) is 5.88. The third-order valence-corrected chi connectivity index (χ3v) is 4.12. The highest BCUT2D eigenvalue weighted by Crippen LogP contribution is 2.10. The highest BCUT2D eigenvalue weighted by molar-refractivity contribution is 5.49.